The Morgan fingerprint density at radius 3 is 2.05 bits per heavy atom. The quantitative estimate of drug-likeness (QED) is 0.855. The van der Waals surface area contributed by atoms with E-state index in [1.807, 2.05) is 0 Å². The molecule has 2 N–H and O–H groups in total. The number of ether oxygens (including phenoxy) is 1. The van der Waals surface area contributed by atoms with Crippen LogP contribution in [0.4, 0.5) is 4.39 Å². The summed E-state index contributed by atoms with van der Waals surface area (Å²) < 4.78 is 18.3. The average molecular weight is 257 g/mol. The summed E-state index contributed by atoms with van der Waals surface area (Å²) in [7, 11) is 0. The summed E-state index contributed by atoms with van der Waals surface area (Å²) in [6, 6.07) is 12.9. The monoisotopic (exact) mass is 257 g/mol. The molecule has 0 heterocycles. The Hall–Kier alpha value is -2.62. The summed E-state index contributed by atoms with van der Waals surface area (Å²) in [6.07, 6.45) is 2.90. The topological polar surface area (TPSA) is 52.3 Å². The van der Waals surface area contributed by atoms with Crippen molar-refractivity contribution in [3.05, 3.63) is 66.0 Å². The Morgan fingerprint density at radius 2 is 1.53 bits per heavy atom. The molecule has 3 nitrogen and oxygen atoms in total. The second-order valence-corrected chi connectivity index (χ2v) is 3.86. The SMILES string of the molecule is NC(=O)/C=C\c1ccc(Oc2ccc(F)cc2)cc1. The molecule has 0 spiro atoms. The second kappa shape index (κ2) is 5.82. The Bertz CT molecular complexity index is 589. The van der Waals surface area contributed by atoms with E-state index in [2.05, 4.69) is 0 Å². The van der Waals surface area contributed by atoms with Gasteiger partial charge in [-0.3, -0.25) is 4.79 Å². The lowest BCUT2D eigenvalue weighted by molar-refractivity contribution is -0.113. The van der Waals surface area contributed by atoms with E-state index in [4.69, 9.17) is 10.5 Å². The number of hydrogen-bond acceptors (Lipinski definition) is 2. The summed E-state index contributed by atoms with van der Waals surface area (Å²) in [5, 5.41) is 0. The van der Waals surface area contributed by atoms with Gasteiger partial charge in [-0.25, -0.2) is 4.39 Å². The molecule has 0 aliphatic carbocycles. The Labute approximate surface area is 110 Å². The van der Waals surface area contributed by atoms with Gasteiger partial charge in [0, 0.05) is 6.08 Å². The second-order valence-electron chi connectivity index (χ2n) is 3.86. The Balaban J connectivity index is 2.06. The smallest absolute Gasteiger partial charge is 0.241 e. The highest BCUT2D eigenvalue weighted by molar-refractivity contribution is 5.90. The maximum atomic E-state index is 12.7. The molecule has 0 atom stereocenters. The van der Waals surface area contributed by atoms with Crippen molar-refractivity contribution in [3.63, 3.8) is 0 Å². The van der Waals surface area contributed by atoms with Crippen molar-refractivity contribution in [2.75, 3.05) is 0 Å². The van der Waals surface area contributed by atoms with Crippen LogP contribution in [0.25, 0.3) is 6.08 Å². The van der Waals surface area contributed by atoms with E-state index < -0.39 is 5.91 Å². The normalized spacial score (nSPS) is 10.6. The fourth-order valence-electron chi connectivity index (χ4n) is 1.46. The van der Waals surface area contributed by atoms with Crippen molar-refractivity contribution in [1.82, 2.24) is 0 Å². The molecule has 0 saturated carbocycles. The van der Waals surface area contributed by atoms with E-state index in [0.717, 1.165) is 5.56 Å². The van der Waals surface area contributed by atoms with Gasteiger partial charge in [-0.15, -0.1) is 0 Å². The fraction of sp³-hybridized carbons (Fsp3) is 0. The molecule has 1 amide bonds. The summed E-state index contributed by atoms with van der Waals surface area (Å²) in [5.41, 5.74) is 5.84. The van der Waals surface area contributed by atoms with Crippen LogP contribution in [-0.2, 0) is 4.79 Å². The zero-order chi connectivity index (χ0) is 13.7. The predicted octanol–water partition coefficient (Wildman–Crippen LogP) is 3.12. The zero-order valence-electron chi connectivity index (χ0n) is 10.0. The average Bonchev–Trinajstić information content (AvgIpc) is 2.40. The van der Waals surface area contributed by atoms with Crippen LogP contribution in [0.5, 0.6) is 11.5 Å². The molecule has 96 valence electrons. The van der Waals surface area contributed by atoms with Gasteiger partial charge in [-0.1, -0.05) is 12.1 Å². The van der Waals surface area contributed by atoms with Crippen molar-refractivity contribution in [2.45, 2.75) is 0 Å². The Kier molecular flexibility index (Phi) is 3.93. The highest BCUT2D eigenvalue weighted by Gasteiger charge is 1.97. The van der Waals surface area contributed by atoms with Crippen molar-refractivity contribution >= 4 is 12.0 Å². The van der Waals surface area contributed by atoms with Crippen LogP contribution in [0.1, 0.15) is 5.56 Å². The van der Waals surface area contributed by atoms with Gasteiger partial charge in [0.1, 0.15) is 17.3 Å². The first-order chi connectivity index (χ1) is 9.13. The van der Waals surface area contributed by atoms with Gasteiger partial charge in [-0.05, 0) is 48.0 Å². The highest BCUT2D eigenvalue weighted by Crippen LogP contribution is 2.22. The summed E-state index contributed by atoms with van der Waals surface area (Å²) in [4.78, 5) is 10.6. The van der Waals surface area contributed by atoms with Gasteiger partial charge in [0.2, 0.25) is 5.91 Å². The fourth-order valence-corrected chi connectivity index (χ4v) is 1.46. The maximum absolute atomic E-state index is 12.7. The molecule has 0 aliphatic heterocycles. The minimum Gasteiger partial charge on any atom is -0.457 e. The lowest BCUT2D eigenvalue weighted by Crippen LogP contribution is -2.04. The number of carbonyl (C=O) groups excluding carboxylic acids is 1. The molecule has 2 aromatic rings. The third-order valence-electron chi connectivity index (χ3n) is 2.37. The molecule has 2 rings (SSSR count). The van der Waals surface area contributed by atoms with Crippen molar-refractivity contribution in [3.8, 4) is 11.5 Å². The molecule has 19 heavy (non-hydrogen) atoms. The molecule has 0 fully saturated rings. The molecule has 2 aromatic carbocycles. The minimum atomic E-state index is -0.494. The minimum absolute atomic E-state index is 0.306. The van der Waals surface area contributed by atoms with Crippen LogP contribution < -0.4 is 10.5 Å². The van der Waals surface area contributed by atoms with Crippen LogP contribution >= 0.6 is 0 Å². The first kappa shape index (κ1) is 12.8. The van der Waals surface area contributed by atoms with Gasteiger partial charge in [0.25, 0.3) is 0 Å². The van der Waals surface area contributed by atoms with E-state index in [9.17, 15) is 9.18 Å². The lowest BCUT2D eigenvalue weighted by atomic mass is 10.2. The zero-order valence-corrected chi connectivity index (χ0v) is 10.0. The molecule has 4 heteroatoms. The number of amides is 1. The molecule has 0 saturated heterocycles. The third kappa shape index (κ3) is 3.96. The molecule has 0 aromatic heterocycles. The third-order valence-corrected chi connectivity index (χ3v) is 2.37. The summed E-state index contributed by atoms with van der Waals surface area (Å²) in [6.45, 7) is 0. The van der Waals surface area contributed by atoms with Gasteiger partial charge in [-0.2, -0.15) is 0 Å². The number of primary amides is 1. The molecule has 0 radical (unpaired) electrons. The Morgan fingerprint density at radius 1 is 1.00 bits per heavy atom. The summed E-state index contributed by atoms with van der Waals surface area (Å²) >= 11 is 0. The van der Waals surface area contributed by atoms with Gasteiger partial charge < -0.3 is 10.5 Å². The summed E-state index contributed by atoms with van der Waals surface area (Å²) in [5.74, 6) is 0.385. The number of carbonyl (C=O) groups is 1. The number of halogens is 1. The maximum Gasteiger partial charge on any atom is 0.241 e. The molecular weight excluding hydrogens is 245 g/mol. The molecule has 0 unspecified atom stereocenters. The lowest BCUT2D eigenvalue weighted by Gasteiger charge is -2.05. The predicted molar refractivity (Wildman–Crippen MR) is 71.1 cm³/mol. The first-order valence-electron chi connectivity index (χ1n) is 5.64. The number of rotatable bonds is 4. The molecule has 0 aliphatic rings. The van der Waals surface area contributed by atoms with Crippen molar-refractivity contribution in [1.29, 1.82) is 0 Å². The van der Waals surface area contributed by atoms with E-state index in [1.165, 1.54) is 18.2 Å². The number of hydrogen-bond donors (Lipinski definition) is 1. The van der Waals surface area contributed by atoms with Crippen LogP contribution in [0.15, 0.2) is 54.6 Å². The number of benzene rings is 2. The molecule has 0 bridgehead atoms. The van der Waals surface area contributed by atoms with E-state index in [-0.39, 0.29) is 5.82 Å². The van der Waals surface area contributed by atoms with Gasteiger partial charge >= 0.3 is 0 Å². The largest absolute Gasteiger partial charge is 0.457 e. The van der Waals surface area contributed by atoms with E-state index in [1.54, 1.807) is 42.5 Å². The van der Waals surface area contributed by atoms with Gasteiger partial charge in [0.15, 0.2) is 0 Å². The van der Waals surface area contributed by atoms with E-state index in [0.29, 0.717) is 11.5 Å². The van der Waals surface area contributed by atoms with Crippen molar-refractivity contribution < 1.29 is 13.9 Å². The standard InChI is InChI=1S/C15H12FNO2/c16-12-4-8-14(9-5-12)19-13-6-1-11(2-7-13)3-10-15(17)18/h1-10H,(H2,17,18)/b10-3-. The molecular formula is C15H12FNO2. The first-order valence-corrected chi connectivity index (χ1v) is 5.64. The van der Waals surface area contributed by atoms with Crippen molar-refractivity contribution in [2.24, 2.45) is 5.73 Å². The van der Waals surface area contributed by atoms with Crippen LogP contribution in [0.2, 0.25) is 0 Å². The number of nitrogens with two attached hydrogens (primary N) is 1. The van der Waals surface area contributed by atoms with Crippen LogP contribution in [-0.4, -0.2) is 5.91 Å². The van der Waals surface area contributed by atoms with Gasteiger partial charge in [0.05, 0.1) is 0 Å². The van der Waals surface area contributed by atoms with Crippen LogP contribution in [0, 0.1) is 5.82 Å². The van der Waals surface area contributed by atoms with Crippen LogP contribution in [0.3, 0.4) is 0 Å². The van der Waals surface area contributed by atoms with E-state index >= 15 is 0 Å². The highest BCUT2D eigenvalue weighted by atomic mass is 19.1.